The molecule has 5 nitrogen and oxygen atoms in total. The SMILES string of the molecule is Cc1cc(NC(=O)c2cccnc2)ccc1C=CC(=O)O. The number of rotatable bonds is 4. The van der Waals surface area contributed by atoms with E-state index in [1.54, 1.807) is 36.5 Å². The molecule has 1 aromatic carbocycles. The number of nitrogens with one attached hydrogen (secondary N) is 1. The van der Waals surface area contributed by atoms with E-state index < -0.39 is 5.97 Å². The lowest BCUT2D eigenvalue weighted by Gasteiger charge is -2.07. The zero-order valence-electron chi connectivity index (χ0n) is 11.4. The number of carbonyl (C=O) groups is 2. The summed E-state index contributed by atoms with van der Waals surface area (Å²) in [4.78, 5) is 26.4. The van der Waals surface area contributed by atoms with Gasteiger partial charge in [0, 0.05) is 24.2 Å². The molecule has 0 aliphatic heterocycles. The van der Waals surface area contributed by atoms with Gasteiger partial charge in [0.1, 0.15) is 0 Å². The Labute approximate surface area is 122 Å². The van der Waals surface area contributed by atoms with Gasteiger partial charge in [-0.2, -0.15) is 0 Å². The number of aromatic nitrogens is 1. The Morgan fingerprint density at radius 2 is 2.10 bits per heavy atom. The predicted octanol–water partition coefficient (Wildman–Crippen LogP) is 2.74. The molecule has 2 aromatic rings. The first-order chi connectivity index (χ1) is 10.1. The second-order valence-corrected chi connectivity index (χ2v) is 4.44. The van der Waals surface area contributed by atoms with Crippen molar-refractivity contribution in [2.24, 2.45) is 0 Å². The average molecular weight is 282 g/mol. The summed E-state index contributed by atoms with van der Waals surface area (Å²) in [6.45, 7) is 1.85. The number of aryl methyl sites for hydroxylation is 1. The number of carboxylic acid groups (broad SMARTS) is 1. The quantitative estimate of drug-likeness (QED) is 0.845. The van der Waals surface area contributed by atoms with Crippen LogP contribution in [0.5, 0.6) is 0 Å². The first kappa shape index (κ1) is 14.5. The molecule has 1 aromatic heterocycles. The first-order valence-electron chi connectivity index (χ1n) is 6.29. The fourth-order valence-electron chi connectivity index (χ4n) is 1.80. The molecule has 0 aliphatic carbocycles. The van der Waals surface area contributed by atoms with Crippen LogP contribution in [0.15, 0.2) is 48.8 Å². The molecule has 0 fully saturated rings. The van der Waals surface area contributed by atoms with Crippen LogP contribution < -0.4 is 5.32 Å². The standard InChI is InChI=1S/C16H14N2O3/c1-11-9-14(6-4-12(11)5-7-15(19)20)18-16(21)13-3-2-8-17-10-13/h2-10H,1H3,(H,18,21)(H,19,20). The Bertz CT molecular complexity index is 694. The third-order valence-corrected chi connectivity index (χ3v) is 2.86. The number of aliphatic carboxylic acids is 1. The van der Waals surface area contributed by atoms with Gasteiger partial charge in [0.15, 0.2) is 0 Å². The molecule has 2 rings (SSSR count). The highest BCUT2D eigenvalue weighted by molar-refractivity contribution is 6.04. The minimum Gasteiger partial charge on any atom is -0.478 e. The van der Waals surface area contributed by atoms with Gasteiger partial charge in [-0.05, 0) is 48.4 Å². The van der Waals surface area contributed by atoms with Crippen LogP contribution in [-0.4, -0.2) is 22.0 Å². The van der Waals surface area contributed by atoms with E-state index in [0.717, 1.165) is 17.2 Å². The second kappa shape index (κ2) is 6.47. The van der Waals surface area contributed by atoms with Gasteiger partial charge in [0.05, 0.1) is 5.56 Å². The molecular weight excluding hydrogens is 268 g/mol. The smallest absolute Gasteiger partial charge is 0.328 e. The van der Waals surface area contributed by atoms with Crippen molar-refractivity contribution in [3.8, 4) is 0 Å². The van der Waals surface area contributed by atoms with Crippen LogP contribution in [0.2, 0.25) is 0 Å². The van der Waals surface area contributed by atoms with Gasteiger partial charge < -0.3 is 10.4 Å². The van der Waals surface area contributed by atoms with Gasteiger partial charge in [-0.1, -0.05) is 6.07 Å². The highest BCUT2D eigenvalue weighted by Gasteiger charge is 2.06. The van der Waals surface area contributed by atoms with Crippen molar-refractivity contribution in [3.63, 3.8) is 0 Å². The Hall–Kier alpha value is -2.95. The third kappa shape index (κ3) is 4.01. The molecule has 0 bridgehead atoms. The van der Waals surface area contributed by atoms with Gasteiger partial charge >= 0.3 is 5.97 Å². The average Bonchev–Trinajstić information content (AvgIpc) is 2.47. The Kier molecular flexibility index (Phi) is 4.46. The highest BCUT2D eigenvalue weighted by atomic mass is 16.4. The van der Waals surface area contributed by atoms with E-state index in [4.69, 9.17) is 5.11 Å². The zero-order chi connectivity index (χ0) is 15.2. The number of pyridine rings is 1. The summed E-state index contributed by atoms with van der Waals surface area (Å²) in [5.41, 5.74) is 2.78. The maximum Gasteiger partial charge on any atom is 0.328 e. The summed E-state index contributed by atoms with van der Waals surface area (Å²) < 4.78 is 0. The van der Waals surface area contributed by atoms with Crippen molar-refractivity contribution in [2.45, 2.75) is 6.92 Å². The fraction of sp³-hybridized carbons (Fsp3) is 0.0625. The van der Waals surface area contributed by atoms with Crippen LogP contribution in [0.1, 0.15) is 21.5 Å². The molecule has 5 heteroatoms. The minimum absolute atomic E-state index is 0.240. The molecule has 2 N–H and O–H groups in total. The molecule has 0 saturated carbocycles. The maximum absolute atomic E-state index is 12.0. The fourth-order valence-corrected chi connectivity index (χ4v) is 1.80. The van der Waals surface area contributed by atoms with Crippen molar-refractivity contribution in [1.29, 1.82) is 0 Å². The molecule has 0 unspecified atom stereocenters. The van der Waals surface area contributed by atoms with Gasteiger partial charge in [-0.15, -0.1) is 0 Å². The van der Waals surface area contributed by atoms with E-state index in [0.29, 0.717) is 11.3 Å². The van der Waals surface area contributed by atoms with E-state index >= 15 is 0 Å². The van der Waals surface area contributed by atoms with Crippen molar-refractivity contribution < 1.29 is 14.7 Å². The lowest BCUT2D eigenvalue weighted by atomic mass is 10.1. The van der Waals surface area contributed by atoms with E-state index in [9.17, 15) is 9.59 Å². The van der Waals surface area contributed by atoms with Crippen LogP contribution in [0.4, 0.5) is 5.69 Å². The predicted molar refractivity (Wildman–Crippen MR) is 80.0 cm³/mol. The Balaban J connectivity index is 2.14. The van der Waals surface area contributed by atoms with Gasteiger partial charge in [-0.3, -0.25) is 9.78 Å². The van der Waals surface area contributed by atoms with Gasteiger partial charge in [-0.25, -0.2) is 4.79 Å². The molecule has 1 heterocycles. The number of amides is 1. The minimum atomic E-state index is -0.997. The molecule has 21 heavy (non-hydrogen) atoms. The molecule has 1 amide bonds. The molecule has 0 spiro atoms. The van der Waals surface area contributed by atoms with Crippen LogP contribution in [0.3, 0.4) is 0 Å². The monoisotopic (exact) mass is 282 g/mol. The van der Waals surface area contributed by atoms with Crippen molar-refractivity contribution >= 4 is 23.6 Å². The molecular formula is C16H14N2O3. The lowest BCUT2D eigenvalue weighted by Crippen LogP contribution is -2.12. The number of benzene rings is 1. The van der Waals surface area contributed by atoms with Crippen LogP contribution in [0, 0.1) is 6.92 Å². The second-order valence-electron chi connectivity index (χ2n) is 4.44. The van der Waals surface area contributed by atoms with Crippen LogP contribution in [-0.2, 0) is 4.79 Å². The van der Waals surface area contributed by atoms with Gasteiger partial charge in [0.25, 0.3) is 5.91 Å². The normalized spacial score (nSPS) is 10.5. The Morgan fingerprint density at radius 1 is 1.29 bits per heavy atom. The van der Waals surface area contributed by atoms with E-state index in [1.807, 2.05) is 6.92 Å². The summed E-state index contributed by atoms with van der Waals surface area (Å²) in [5.74, 6) is -1.24. The first-order valence-corrected chi connectivity index (χ1v) is 6.29. The van der Waals surface area contributed by atoms with E-state index in [2.05, 4.69) is 10.3 Å². The number of nitrogens with zero attached hydrogens (tertiary/aromatic N) is 1. The maximum atomic E-state index is 12.0. The number of anilines is 1. The number of hydrogen-bond acceptors (Lipinski definition) is 3. The van der Waals surface area contributed by atoms with E-state index in [1.165, 1.54) is 12.3 Å². The molecule has 106 valence electrons. The molecule has 0 atom stereocenters. The van der Waals surface area contributed by atoms with Crippen LogP contribution in [0.25, 0.3) is 6.08 Å². The molecule has 0 saturated heterocycles. The topological polar surface area (TPSA) is 79.3 Å². The summed E-state index contributed by atoms with van der Waals surface area (Å²) in [6.07, 6.45) is 5.69. The number of carboxylic acids is 1. The zero-order valence-corrected chi connectivity index (χ0v) is 11.4. The number of hydrogen-bond donors (Lipinski definition) is 2. The summed E-state index contributed by atoms with van der Waals surface area (Å²) in [6, 6.07) is 8.64. The van der Waals surface area contributed by atoms with Crippen molar-refractivity contribution in [2.75, 3.05) is 5.32 Å². The van der Waals surface area contributed by atoms with E-state index in [-0.39, 0.29) is 5.91 Å². The molecule has 0 aliphatic rings. The number of carbonyl (C=O) groups excluding carboxylic acids is 1. The van der Waals surface area contributed by atoms with Crippen molar-refractivity contribution in [1.82, 2.24) is 4.98 Å². The summed E-state index contributed by atoms with van der Waals surface area (Å²) in [5, 5.41) is 11.4. The lowest BCUT2D eigenvalue weighted by molar-refractivity contribution is -0.131. The Morgan fingerprint density at radius 3 is 2.71 bits per heavy atom. The largest absolute Gasteiger partial charge is 0.478 e. The summed E-state index contributed by atoms with van der Waals surface area (Å²) >= 11 is 0. The van der Waals surface area contributed by atoms with Gasteiger partial charge in [0.2, 0.25) is 0 Å². The molecule has 0 radical (unpaired) electrons. The van der Waals surface area contributed by atoms with Crippen LogP contribution >= 0.6 is 0 Å². The summed E-state index contributed by atoms with van der Waals surface area (Å²) in [7, 11) is 0. The third-order valence-electron chi connectivity index (χ3n) is 2.86. The highest BCUT2D eigenvalue weighted by Crippen LogP contribution is 2.17. The van der Waals surface area contributed by atoms with Crippen molar-refractivity contribution in [3.05, 3.63) is 65.5 Å².